The zero-order chi connectivity index (χ0) is 18.0. The number of aromatic nitrogens is 2. The Morgan fingerprint density at radius 3 is 2.80 bits per heavy atom. The Morgan fingerprint density at radius 1 is 1.24 bits per heavy atom. The third kappa shape index (κ3) is 3.69. The van der Waals surface area contributed by atoms with E-state index >= 15 is 0 Å². The van der Waals surface area contributed by atoms with Gasteiger partial charge in [0, 0.05) is 5.56 Å². The molecule has 8 heteroatoms. The van der Waals surface area contributed by atoms with Gasteiger partial charge < -0.3 is 21.5 Å². The molecular formula is C17H17N5O2S. The topological polar surface area (TPSA) is 113 Å². The van der Waals surface area contributed by atoms with Crippen LogP contribution in [0.25, 0.3) is 0 Å². The van der Waals surface area contributed by atoms with Crippen molar-refractivity contribution in [3.63, 3.8) is 0 Å². The van der Waals surface area contributed by atoms with E-state index in [9.17, 15) is 9.90 Å². The number of hydrogen-bond acceptors (Lipinski definition) is 7. The Balaban J connectivity index is 1.76. The standard InChI is InChI=1S/C17H17N5O2S/c1-9-6-7-11(23)10(2)15(9)22-16(24)12-8-19-17(25-12)21-14-5-3-4-13(18)20-14/h3-8,23H,1-2H3,(H,22,24)(H3,18,19,20,21). The minimum absolute atomic E-state index is 0.139. The number of nitrogens with zero attached hydrogens (tertiary/aromatic N) is 2. The molecule has 0 unspecified atom stereocenters. The number of carbonyl (C=O) groups excluding carboxylic acids is 1. The zero-order valence-corrected chi connectivity index (χ0v) is 14.5. The number of rotatable bonds is 4. The van der Waals surface area contributed by atoms with Crippen LogP contribution in [-0.2, 0) is 0 Å². The summed E-state index contributed by atoms with van der Waals surface area (Å²) in [7, 11) is 0. The monoisotopic (exact) mass is 355 g/mol. The molecule has 0 spiro atoms. The molecule has 0 radical (unpaired) electrons. The number of phenolic OH excluding ortho intramolecular Hbond substituents is 1. The van der Waals surface area contributed by atoms with Crippen molar-refractivity contribution in [2.75, 3.05) is 16.4 Å². The molecule has 7 nitrogen and oxygen atoms in total. The number of aryl methyl sites for hydroxylation is 1. The molecule has 0 atom stereocenters. The minimum Gasteiger partial charge on any atom is -0.508 e. The second kappa shape index (κ2) is 6.78. The Labute approximate surface area is 148 Å². The third-order valence-electron chi connectivity index (χ3n) is 3.62. The normalized spacial score (nSPS) is 10.5. The molecule has 25 heavy (non-hydrogen) atoms. The summed E-state index contributed by atoms with van der Waals surface area (Å²) in [6.07, 6.45) is 1.49. The van der Waals surface area contributed by atoms with Crippen LogP contribution in [0.4, 0.5) is 22.5 Å². The van der Waals surface area contributed by atoms with Crippen LogP contribution in [0.3, 0.4) is 0 Å². The number of hydrogen-bond donors (Lipinski definition) is 4. The molecule has 1 amide bonds. The summed E-state index contributed by atoms with van der Waals surface area (Å²) in [5.41, 5.74) is 7.74. The molecule has 0 fully saturated rings. The Kier molecular flexibility index (Phi) is 4.53. The number of phenols is 1. The van der Waals surface area contributed by atoms with Gasteiger partial charge in [0.15, 0.2) is 5.13 Å². The van der Waals surface area contributed by atoms with Crippen LogP contribution in [0, 0.1) is 13.8 Å². The highest BCUT2D eigenvalue weighted by molar-refractivity contribution is 7.17. The highest BCUT2D eigenvalue weighted by Gasteiger charge is 2.15. The second-order valence-electron chi connectivity index (χ2n) is 5.46. The number of benzene rings is 1. The molecule has 3 aromatic rings. The van der Waals surface area contributed by atoms with Crippen LogP contribution in [0.1, 0.15) is 20.8 Å². The Bertz CT molecular complexity index is 939. The van der Waals surface area contributed by atoms with E-state index in [1.807, 2.05) is 6.92 Å². The lowest BCUT2D eigenvalue weighted by Gasteiger charge is -2.11. The van der Waals surface area contributed by atoms with E-state index in [1.165, 1.54) is 17.5 Å². The molecule has 5 N–H and O–H groups in total. The fourth-order valence-electron chi connectivity index (χ4n) is 2.27. The van der Waals surface area contributed by atoms with Crippen molar-refractivity contribution in [2.45, 2.75) is 13.8 Å². The predicted molar refractivity (Wildman–Crippen MR) is 99.6 cm³/mol. The van der Waals surface area contributed by atoms with Crippen LogP contribution in [0.5, 0.6) is 5.75 Å². The third-order valence-corrected chi connectivity index (χ3v) is 4.53. The fourth-order valence-corrected chi connectivity index (χ4v) is 2.99. The van der Waals surface area contributed by atoms with E-state index in [-0.39, 0.29) is 11.7 Å². The molecule has 0 saturated carbocycles. The smallest absolute Gasteiger partial charge is 0.267 e. The lowest BCUT2D eigenvalue weighted by atomic mass is 10.1. The van der Waals surface area contributed by atoms with Crippen LogP contribution in [0.15, 0.2) is 36.5 Å². The number of thiazole rings is 1. The summed E-state index contributed by atoms with van der Waals surface area (Å²) in [5, 5.41) is 16.2. The number of nitrogens with one attached hydrogen (secondary N) is 2. The first-order chi connectivity index (χ1) is 11.9. The van der Waals surface area contributed by atoms with Gasteiger partial charge in [0.05, 0.1) is 11.9 Å². The Morgan fingerprint density at radius 2 is 2.04 bits per heavy atom. The highest BCUT2D eigenvalue weighted by atomic mass is 32.1. The summed E-state index contributed by atoms with van der Waals surface area (Å²) < 4.78 is 0. The SMILES string of the molecule is Cc1ccc(O)c(C)c1NC(=O)c1cnc(Nc2cccc(N)n2)s1. The number of nitrogens with two attached hydrogens (primary N) is 1. The zero-order valence-electron chi connectivity index (χ0n) is 13.7. The van der Waals surface area contributed by atoms with Crippen molar-refractivity contribution >= 4 is 39.7 Å². The molecule has 0 saturated heterocycles. The maximum Gasteiger partial charge on any atom is 0.267 e. The van der Waals surface area contributed by atoms with Gasteiger partial charge in [0.25, 0.3) is 5.91 Å². The van der Waals surface area contributed by atoms with Crippen molar-refractivity contribution in [1.29, 1.82) is 0 Å². The van der Waals surface area contributed by atoms with E-state index in [0.29, 0.717) is 32.9 Å². The van der Waals surface area contributed by atoms with Crippen LogP contribution < -0.4 is 16.4 Å². The average molecular weight is 355 g/mol. The maximum atomic E-state index is 12.5. The molecule has 0 aliphatic carbocycles. The molecule has 3 rings (SSSR count). The summed E-state index contributed by atoms with van der Waals surface area (Å²) in [5.74, 6) is 0.804. The quantitative estimate of drug-likeness (QED) is 0.570. The van der Waals surface area contributed by atoms with E-state index in [2.05, 4.69) is 20.6 Å². The van der Waals surface area contributed by atoms with Crippen LogP contribution in [0.2, 0.25) is 0 Å². The molecule has 2 heterocycles. The largest absolute Gasteiger partial charge is 0.508 e. The second-order valence-corrected chi connectivity index (χ2v) is 6.49. The molecule has 128 valence electrons. The summed E-state index contributed by atoms with van der Waals surface area (Å²) >= 11 is 1.20. The maximum absolute atomic E-state index is 12.5. The number of carbonyl (C=O) groups is 1. The lowest BCUT2D eigenvalue weighted by Crippen LogP contribution is -2.12. The van der Waals surface area contributed by atoms with Gasteiger partial charge in [0.1, 0.15) is 22.3 Å². The highest BCUT2D eigenvalue weighted by Crippen LogP contribution is 2.29. The molecule has 0 aliphatic rings. The van der Waals surface area contributed by atoms with Gasteiger partial charge in [-0.15, -0.1) is 0 Å². The first-order valence-corrected chi connectivity index (χ1v) is 8.31. The van der Waals surface area contributed by atoms with Gasteiger partial charge in [-0.25, -0.2) is 9.97 Å². The summed E-state index contributed by atoms with van der Waals surface area (Å²) in [6, 6.07) is 8.58. The van der Waals surface area contributed by atoms with Gasteiger partial charge in [-0.1, -0.05) is 23.5 Å². The van der Waals surface area contributed by atoms with Gasteiger partial charge in [-0.2, -0.15) is 0 Å². The van der Waals surface area contributed by atoms with Crippen LogP contribution >= 0.6 is 11.3 Å². The lowest BCUT2D eigenvalue weighted by molar-refractivity contribution is 0.103. The molecular weight excluding hydrogens is 338 g/mol. The Hall–Kier alpha value is -3.13. The van der Waals surface area contributed by atoms with E-state index in [0.717, 1.165) is 5.56 Å². The van der Waals surface area contributed by atoms with Gasteiger partial charge in [-0.3, -0.25) is 4.79 Å². The molecule has 2 aromatic heterocycles. The van der Waals surface area contributed by atoms with Crippen molar-refractivity contribution in [3.05, 3.63) is 52.5 Å². The van der Waals surface area contributed by atoms with Gasteiger partial charge in [0.2, 0.25) is 0 Å². The minimum atomic E-state index is -0.289. The number of anilines is 4. The van der Waals surface area contributed by atoms with E-state index in [4.69, 9.17) is 5.73 Å². The molecule has 0 aliphatic heterocycles. The molecule has 1 aromatic carbocycles. The summed E-state index contributed by atoms with van der Waals surface area (Å²) in [6.45, 7) is 3.62. The van der Waals surface area contributed by atoms with Crippen molar-refractivity contribution in [3.8, 4) is 5.75 Å². The molecule has 0 bridgehead atoms. The number of nitrogen functional groups attached to an aromatic ring is 1. The number of pyridine rings is 1. The van der Waals surface area contributed by atoms with Gasteiger partial charge in [-0.05, 0) is 37.6 Å². The number of amides is 1. The predicted octanol–water partition coefficient (Wildman–Crippen LogP) is 3.44. The van der Waals surface area contributed by atoms with Crippen molar-refractivity contribution < 1.29 is 9.90 Å². The fraction of sp³-hybridized carbons (Fsp3) is 0.118. The first-order valence-electron chi connectivity index (χ1n) is 7.50. The van der Waals surface area contributed by atoms with Gasteiger partial charge >= 0.3 is 0 Å². The van der Waals surface area contributed by atoms with Crippen molar-refractivity contribution in [2.24, 2.45) is 0 Å². The van der Waals surface area contributed by atoms with Crippen LogP contribution in [-0.4, -0.2) is 21.0 Å². The first kappa shape index (κ1) is 16.7. The number of aromatic hydroxyl groups is 1. The summed E-state index contributed by atoms with van der Waals surface area (Å²) in [4.78, 5) is 21.2. The van der Waals surface area contributed by atoms with E-state index < -0.39 is 0 Å². The van der Waals surface area contributed by atoms with Crippen molar-refractivity contribution in [1.82, 2.24) is 9.97 Å². The van der Waals surface area contributed by atoms with E-state index in [1.54, 1.807) is 37.3 Å². The average Bonchev–Trinajstić information content (AvgIpc) is 3.03.